The highest BCUT2D eigenvalue weighted by Gasteiger charge is 2.14. The highest BCUT2D eigenvalue weighted by Crippen LogP contribution is 2.22. The van der Waals surface area contributed by atoms with Gasteiger partial charge >= 0.3 is 0 Å². The quantitative estimate of drug-likeness (QED) is 0.722. The zero-order valence-corrected chi connectivity index (χ0v) is 13.6. The maximum atomic E-state index is 12.5. The van der Waals surface area contributed by atoms with E-state index in [-0.39, 0.29) is 11.0 Å². The van der Waals surface area contributed by atoms with Crippen molar-refractivity contribution in [3.05, 3.63) is 74.0 Å². The number of carbonyl (C=O) groups excluding carboxylic acids is 1. The Morgan fingerprint density at radius 2 is 1.78 bits per heavy atom. The molecule has 2 aromatic carbocycles. The number of aromatic nitrogens is 1. The number of pyridine rings is 1. The number of nitrogens with one attached hydrogen (secondary N) is 2. The van der Waals surface area contributed by atoms with Gasteiger partial charge in [-0.25, -0.2) is 0 Å². The van der Waals surface area contributed by atoms with Crippen molar-refractivity contribution >= 4 is 45.7 Å². The molecule has 4 nitrogen and oxygen atoms in total. The molecular weight excluding hydrogens is 335 g/mol. The smallest absolute Gasteiger partial charge is 0.261 e. The van der Waals surface area contributed by atoms with Crippen LogP contribution in [0.25, 0.3) is 10.9 Å². The van der Waals surface area contributed by atoms with Gasteiger partial charge < -0.3 is 10.3 Å². The van der Waals surface area contributed by atoms with Crippen LogP contribution in [0.1, 0.15) is 15.9 Å². The second kappa shape index (κ2) is 6.07. The third-order valence-electron chi connectivity index (χ3n) is 3.60. The Bertz CT molecular complexity index is 963. The summed E-state index contributed by atoms with van der Waals surface area (Å²) in [5.41, 5.74) is 1.65. The molecule has 0 unspecified atom stereocenters. The number of H-pyrrole nitrogens is 1. The Labute approximate surface area is 142 Å². The third-order valence-corrected chi connectivity index (χ3v) is 4.26. The molecule has 0 aliphatic heterocycles. The van der Waals surface area contributed by atoms with Crippen LogP contribution in [0.5, 0.6) is 0 Å². The lowest BCUT2D eigenvalue weighted by Crippen LogP contribution is -2.22. The van der Waals surface area contributed by atoms with E-state index >= 15 is 0 Å². The second-order valence-electron chi connectivity index (χ2n) is 5.09. The van der Waals surface area contributed by atoms with E-state index < -0.39 is 5.91 Å². The molecule has 0 aliphatic carbocycles. The van der Waals surface area contributed by atoms with Gasteiger partial charge in [0.25, 0.3) is 5.91 Å². The predicted octanol–water partition coefficient (Wildman–Crippen LogP) is 4.40. The summed E-state index contributed by atoms with van der Waals surface area (Å²) in [5.74, 6) is -0.483. The van der Waals surface area contributed by atoms with Crippen molar-refractivity contribution in [3.63, 3.8) is 0 Å². The molecule has 0 bridgehead atoms. The van der Waals surface area contributed by atoms with E-state index in [2.05, 4.69) is 10.3 Å². The van der Waals surface area contributed by atoms with Gasteiger partial charge in [0, 0.05) is 27.3 Å². The Morgan fingerprint density at radius 1 is 1.09 bits per heavy atom. The summed E-state index contributed by atoms with van der Waals surface area (Å²) < 4.78 is 0. The van der Waals surface area contributed by atoms with E-state index in [9.17, 15) is 9.59 Å². The zero-order valence-electron chi connectivity index (χ0n) is 12.1. The van der Waals surface area contributed by atoms with Crippen molar-refractivity contribution in [2.45, 2.75) is 6.92 Å². The van der Waals surface area contributed by atoms with E-state index in [0.717, 1.165) is 5.56 Å². The second-order valence-corrected chi connectivity index (χ2v) is 5.93. The van der Waals surface area contributed by atoms with Gasteiger partial charge in [-0.3, -0.25) is 9.59 Å². The molecule has 0 aliphatic rings. The van der Waals surface area contributed by atoms with Crippen LogP contribution in [0.4, 0.5) is 5.69 Å². The maximum Gasteiger partial charge on any atom is 0.261 e. The number of carbonyl (C=O) groups is 1. The molecule has 23 heavy (non-hydrogen) atoms. The van der Waals surface area contributed by atoms with Crippen molar-refractivity contribution in [1.29, 1.82) is 0 Å². The molecule has 116 valence electrons. The van der Waals surface area contributed by atoms with Gasteiger partial charge in [0.05, 0.1) is 5.52 Å². The lowest BCUT2D eigenvalue weighted by Gasteiger charge is -2.08. The number of aromatic amines is 1. The van der Waals surface area contributed by atoms with Crippen molar-refractivity contribution in [2.75, 3.05) is 5.32 Å². The largest absolute Gasteiger partial charge is 0.360 e. The fourth-order valence-electron chi connectivity index (χ4n) is 2.32. The van der Waals surface area contributed by atoms with Crippen molar-refractivity contribution in [1.82, 2.24) is 4.98 Å². The molecule has 0 fully saturated rings. The van der Waals surface area contributed by atoms with Crippen molar-refractivity contribution in [2.24, 2.45) is 0 Å². The SMILES string of the molecule is Cc1c(Cl)ccc2c(=O)c(C(=O)Nc3ccc(Cl)cc3)c[nH]c12. The minimum atomic E-state index is -0.483. The number of benzene rings is 2. The van der Waals surface area contributed by atoms with Gasteiger partial charge in [-0.15, -0.1) is 0 Å². The van der Waals surface area contributed by atoms with Crippen LogP contribution in [0, 0.1) is 6.92 Å². The number of rotatable bonds is 2. The first-order chi connectivity index (χ1) is 11.0. The van der Waals surface area contributed by atoms with Crippen LogP contribution in [-0.4, -0.2) is 10.9 Å². The van der Waals surface area contributed by atoms with Gasteiger partial charge in [0.2, 0.25) is 5.43 Å². The molecule has 0 atom stereocenters. The molecule has 0 radical (unpaired) electrons. The van der Waals surface area contributed by atoms with E-state index in [4.69, 9.17) is 23.2 Å². The van der Waals surface area contributed by atoms with Crippen molar-refractivity contribution < 1.29 is 4.79 Å². The van der Waals surface area contributed by atoms with E-state index in [1.807, 2.05) is 6.92 Å². The van der Waals surface area contributed by atoms with Crippen LogP contribution in [-0.2, 0) is 0 Å². The van der Waals surface area contributed by atoms with Crippen molar-refractivity contribution in [3.8, 4) is 0 Å². The van der Waals surface area contributed by atoms with Crippen LogP contribution in [0.15, 0.2) is 47.4 Å². The molecule has 3 rings (SSSR count). The summed E-state index contributed by atoms with van der Waals surface area (Å²) in [6.45, 7) is 1.81. The molecule has 0 saturated carbocycles. The minimum Gasteiger partial charge on any atom is -0.360 e. The first-order valence-electron chi connectivity index (χ1n) is 6.85. The van der Waals surface area contributed by atoms with Gasteiger partial charge in [-0.2, -0.15) is 0 Å². The summed E-state index contributed by atoms with van der Waals surface area (Å²) >= 11 is 11.9. The number of amides is 1. The predicted molar refractivity (Wildman–Crippen MR) is 93.7 cm³/mol. The molecule has 1 amide bonds. The molecule has 3 aromatic rings. The first-order valence-corrected chi connectivity index (χ1v) is 7.60. The van der Waals surface area contributed by atoms with Gasteiger partial charge in [-0.1, -0.05) is 23.2 Å². The maximum absolute atomic E-state index is 12.5. The average molecular weight is 347 g/mol. The van der Waals surface area contributed by atoms with E-state index in [1.54, 1.807) is 36.4 Å². The Hall–Kier alpha value is -2.30. The van der Waals surface area contributed by atoms with Gasteiger partial charge in [-0.05, 0) is 48.9 Å². The lowest BCUT2D eigenvalue weighted by molar-refractivity contribution is 0.102. The zero-order chi connectivity index (χ0) is 16.6. The topological polar surface area (TPSA) is 62.0 Å². The number of fused-ring (bicyclic) bond motifs is 1. The summed E-state index contributed by atoms with van der Waals surface area (Å²) in [6, 6.07) is 9.91. The summed E-state index contributed by atoms with van der Waals surface area (Å²) in [6.07, 6.45) is 1.40. The third kappa shape index (κ3) is 2.96. The van der Waals surface area contributed by atoms with Crippen LogP contribution >= 0.6 is 23.2 Å². The standard InChI is InChI=1S/C17H12Cl2N2O2/c1-9-14(19)7-6-12-15(9)20-8-13(16(12)22)17(23)21-11-4-2-10(18)3-5-11/h2-8H,1H3,(H,20,22)(H,21,23). The molecule has 1 heterocycles. The van der Waals surface area contributed by atoms with Crippen LogP contribution < -0.4 is 10.7 Å². The molecule has 6 heteroatoms. The van der Waals surface area contributed by atoms with E-state index in [1.165, 1.54) is 6.20 Å². The van der Waals surface area contributed by atoms with Gasteiger partial charge in [0.15, 0.2) is 0 Å². The fourth-order valence-corrected chi connectivity index (χ4v) is 2.60. The minimum absolute atomic E-state index is 0.0363. The molecule has 1 aromatic heterocycles. The Morgan fingerprint density at radius 3 is 2.48 bits per heavy atom. The molecular formula is C17H12Cl2N2O2. The van der Waals surface area contributed by atoms with Gasteiger partial charge in [0.1, 0.15) is 5.56 Å². The number of hydrogen-bond donors (Lipinski definition) is 2. The summed E-state index contributed by atoms with van der Waals surface area (Å²) in [4.78, 5) is 27.8. The molecule has 0 saturated heterocycles. The van der Waals surface area contributed by atoms with E-state index in [0.29, 0.717) is 26.6 Å². The highest BCUT2D eigenvalue weighted by molar-refractivity contribution is 6.32. The number of hydrogen-bond acceptors (Lipinski definition) is 2. The monoisotopic (exact) mass is 346 g/mol. The first kappa shape index (κ1) is 15.6. The highest BCUT2D eigenvalue weighted by atomic mass is 35.5. The normalized spacial score (nSPS) is 10.7. The molecule has 0 spiro atoms. The average Bonchev–Trinajstić information content (AvgIpc) is 2.53. The number of aryl methyl sites for hydroxylation is 1. The lowest BCUT2D eigenvalue weighted by atomic mass is 10.1. The number of anilines is 1. The summed E-state index contributed by atoms with van der Waals surface area (Å²) in [7, 11) is 0. The Kier molecular flexibility index (Phi) is 4.11. The molecule has 2 N–H and O–H groups in total. The van der Waals surface area contributed by atoms with Crippen LogP contribution in [0.2, 0.25) is 10.0 Å². The van der Waals surface area contributed by atoms with Crippen LogP contribution in [0.3, 0.4) is 0 Å². The summed E-state index contributed by atoms with van der Waals surface area (Å²) in [5, 5.41) is 4.23. The number of halogens is 2. The fraction of sp³-hybridized carbons (Fsp3) is 0.0588. The Balaban J connectivity index is 2.01.